The molecule has 2 unspecified atom stereocenters. The number of pyridine rings is 1. The third-order valence-electron chi connectivity index (χ3n) is 3.90. The summed E-state index contributed by atoms with van der Waals surface area (Å²) in [5.74, 6) is -0.0347. The Kier molecular flexibility index (Phi) is 3.61. The van der Waals surface area contributed by atoms with E-state index in [4.69, 9.17) is 4.74 Å². The van der Waals surface area contributed by atoms with Crippen LogP contribution in [0.5, 0.6) is 0 Å². The molecule has 0 fully saturated rings. The van der Waals surface area contributed by atoms with Gasteiger partial charge < -0.3 is 4.74 Å². The van der Waals surface area contributed by atoms with Gasteiger partial charge in [-0.3, -0.25) is 9.78 Å². The van der Waals surface area contributed by atoms with Gasteiger partial charge in [-0.2, -0.15) is 0 Å². The van der Waals surface area contributed by atoms with E-state index in [0.29, 0.717) is 0 Å². The first-order valence-electron chi connectivity index (χ1n) is 6.86. The summed E-state index contributed by atoms with van der Waals surface area (Å²) < 4.78 is 5.45. The molecule has 0 saturated heterocycles. The average Bonchev–Trinajstić information content (AvgIpc) is 2.93. The zero-order chi connectivity index (χ0) is 13.9. The highest BCUT2D eigenvalue weighted by Gasteiger charge is 2.34. The molecular formula is C17H17NO2. The van der Waals surface area contributed by atoms with Crippen molar-refractivity contribution in [2.45, 2.75) is 24.9 Å². The van der Waals surface area contributed by atoms with E-state index in [9.17, 15) is 4.79 Å². The molecule has 3 heteroatoms. The van der Waals surface area contributed by atoms with Gasteiger partial charge in [-0.1, -0.05) is 36.4 Å². The number of benzene rings is 1. The second kappa shape index (κ2) is 5.55. The molecule has 0 radical (unpaired) electrons. The van der Waals surface area contributed by atoms with Crippen molar-refractivity contribution in [2.75, 3.05) is 7.11 Å². The molecule has 3 nitrogen and oxygen atoms in total. The monoisotopic (exact) mass is 267 g/mol. The summed E-state index contributed by atoms with van der Waals surface area (Å²) in [6.45, 7) is 0. The molecule has 3 rings (SSSR count). The lowest BCUT2D eigenvalue weighted by molar-refractivity contribution is -0.130. The molecule has 102 valence electrons. The Morgan fingerprint density at radius 2 is 2.05 bits per heavy atom. The molecule has 1 aliphatic rings. The van der Waals surface area contributed by atoms with Crippen LogP contribution in [0.2, 0.25) is 0 Å². The minimum atomic E-state index is -0.505. The van der Waals surface area contributed by atoms with Crippen molar-refractivity contribution in [3.63, 3.8) is 0 Å². The molecule has 0 aliphatic heterocycles. The van der Waals surface area contributed by atoms with Gasteiger partial charge in [-0.25, -0.2) is 0 Å². The van der Waals surface area contributed by atoms with E-state index >= 15 is 0 Å². The van der Waals surface area contributed by atoms with Crippen molar-refractivity contribution in [3.05, 3.63) is 65.5 Å². The van der Waals surface area contributed by atoms with Gasteiger partial charge >= 0.3 is 0 Å². The molecule has 0 amide bonds. The van der Waals surface area contributed by atoms with E-state index in [0.717, 1.165) is 24.1 Å². The van der Waals surface area contributed by atoms with Gasteiger partial charge in [0, 0.05) is 13.3 Å². The predicted octanol–water partition coefficient (Wildman–Crippen LogP) is 3.07. The summed E-state index contributed by atoms with van der Waals surface area (Å²) in [4.78, 5) is 17.2. The van der Waals surface area contributed by atoms with E-state index in [1.807, 2.05) is 36.4 Å². The zero-order valence-corrected chi connectivity index (χ0v) is 11.5. The lowest BCUT2D eigenvalue weighted by atomic mass is 9.93. The molecule has 1 heterocycles. The van der Waals surface area contributed by atoms with Gasteiger partial charge in [0.25, 0.3) is 0 Å². The zero-order valence-electron chi connectivity index (χ0n) is 11.5. The van der Waals surface area contributed by atoms with Crippen LogP contribution in [0.25, 0.3) is 0 Å². The maximum Gasteiger partial charge on any atom is 0.175 e. The first-order valence-corrected chi connectivity index (χ1v) is 6.86. The van der Waals surface area contributed by atoms with Crippen LogP contribution in [0.15, 0.2) is 48.7 Å². The molecule has 0 bridgehead atoms. The topological polar surface area (TPSA) is 39.2 Å². The molecule has 1 aliphatic carbocycles. The Bertz CT molecular complexity index is 605. The number of hydrogen-bond acceptors (Lipinski definition) is 3. The number of nitrogens with zero attached hydrogens (tertiary/aromatic N) is 1. The Morgan fingerprint density at radius 1 is 1.25 bits per heavy atom. The first-order chi connectivity index (χ1) is 9.81. The van der Waals surface area contributed by atoms with Crippen LogP contribution in [0.3, 0.4) is 0 Å². The summed E-state index contributed by atoms with van der Waals surface area (Å²) >= 11 is 0. The Morgan fingerprint density at radius 3 is 2.80 bits per heavy atom. The molecule has 0 saturated carbocycles. The number of hydrogen-bond donors (Lipinski definition) is 0. The maximum absolute atomic E-state index is 12.8. The van der Waals surface area contributed by atoms with Crippen molar-refractivity contribution in [1.29, 1.82) is 0 Å². The number of ketones is 1. The smallest absolute Gasteiger partial charge is 0.175 e. The molecular weight excluding hydrogens is 250 g/mol. The maximum atomic E-state index is 12.8. The van der Waals surface area contributed by atoms with Crippen LogP contribution in [-0.2, 0) is 16.0 Å². The number of carbonyl (C=O) groups is 1. The SMILES string of the molecule is COC(C(=O)C1CCc2cccnc21)c1ccccc1. The van der Waals surface area contributed by atoms with Gasteiger partial charge in [0.2, 0.25) is 0 Å². The molecule has 20 heavy (non-hydrogen) atoms. The van der Waals surface area contributed by atoms with Gasteiger partial charge in [0.15, 0.2) is 5.78 Å². The van der Waals surface area contributed by atoms with Gasteiger partial charge in [-0.05, 0) is 30.0 Å². The number of aromatic nitrogens is 1. The number of Topliss-reactive ketones (excluding diaryl/α,β-unsaturated/α-hetero) is 1. The van der Waals surface area contributed by atoms with Gasteiger partial charge in [0.1, 0.15) is 6.10 Å². The largest absolute Gasteiger partial charge is 0.369 e. The summed E-state index contributed by atoms with van der Waals surface area (Å²) in [5.41, 5.74) is 3.02. The van der Waals surface area contributed by atoms with E-state index in [1.165, 1.54) is 5.56 Å². The van der Waals surface area contributed by atoms with Crippen molar-refractivity contribution < 1.29 is 9.53 Å². The standard InChI is InChI=1S/C17H17NO2/c1-20-17(13-6-3-2-4-7-13)16(19)14-10-9-12-8-5-11-18-15(12)14/h2-8,11,14,17H,9-10H2,1H3. The Hall–Kier alpha value is -2.00. The number of rotatable bonds is 4. The second-order valence-electron chi connectivity index (χ2n) is 5.07. The van der Waals surface area contributed by atoms with Crippen LogP contribution in [0.4, 0.5) is 0 Å². The Balaban J connectivity index is 1.89. The van der Waals surface area contributed by atoms with Crippen LogP contribution in [0.1, 0.15) is 35.3 Å². The molecule has 1 aromatic heterocycles. The van der Waals surface area contributed by atoms with E-state index in [2.05, 4.69) is 11.1 Å². The lowest BCUT2D eigenvalue weighted by Crippen LogP contribution is -2.21. The quantitative estimate of drug-likeness (QED) is 0.854. The number of ether oxygens (including phenoxy) is 1. The van der Waals surface area contributed by atoms with E-state index in [1.54, 1.807) is 13.3 Å². The van der Waals surface area contributed by atoms with Crippen molar-refractivity contribution in [2.24, 2.45) is 0 Å². The summed E-state index contributed by atoms with van der Waals surface area (Å²) in [6.07, 6.45) is 3.01. The fourth-order valence-electron chi connectivity index (χ4n) is 2.92. The van der Waals surface area contributed by atoms with Crippen LogP contribution in [0, 0.1) is 0 Å². The first kappa shape index (κ1) is 13.0. The number of fused-ring (bicyclic) bond motifs is 1. The van der Waals surface area contributed by atoms with Crippen LogP contribution < -0.4 is 0 Å². The third-order valence-corrected chi connectivity index (χ3v) is 3.90. The van der Waals surface area contributed by atoms with E-state index in [-0.39, 0.29) is 11.7 Å². The molecule has 0 spiro atoms. The van der Waals surface area contributed by atoms with Gasteiger partial charge in [-0.15, -0.1) is 0 Å². The molecule has 0 N–H and O–H groups in total. The highest BCUT2D eigenvalue weighted by Crippen LogP contribution is 2.36. The van der Waals surface area contributed by atoms with Gasteiger partial charge in [0.05, 0.1) is 11.6 Å². The summed E-state index contributed by atoms with van der Waals surface area (Å²) in [5, 5.41) is 0. The minimum Gasteiger partial charge on any atom is -0.369 e. The number of carbonyl (C=O) groups excluding carboxylic acids is 1. The highest BCUT2D eigenvalue weighted by atomic mass is 16.5. The van der Waals surface area contributed by atoms with Crippen molar-refractivity contribution in [3.8, 4) is 0 Å². The van der Waals surface area contributed by atoms with Crippen molar-refractivity contribution in [1.82, 2.24) is 4.98 Å². The summed E-state index contributed by atoms with van der Waals surface area (Å²) in [7, 11) is 1.59. The fourth-order valence-corrected chi connectivity index (χ4v) is 2.92. The lowest BCUT2D eigenvalue weighted by Gasteiger charge is -2.18. The van der Waals surface area contributed by atoms with Crippen LogP contribution >= 0.6 is 0 Å². The number of methoxy groups -OCH3 is 1. The average molecular weight is 267 g/mol. The molecule has 2 aromatic rings. The normalized spacial score (nSPS) is 18.6. The van der Waals surface area contributed by atoms with Crippen LogP contribution in [-0.4, -0.2) is 17.9 Å². The minimum absolute atomic E-state index is 0.108. The third kappa shape index (κ3) is 2.25. The number of aryl methyl sites for hydroxylation is 1. The molecule has 2 atom stereocenters. The molecule has 1 aromatic carbocycles. The fraction of sp³-hybridized carbons (Fsp3) is 0.294. The highest BCUT2D eigenvalue weighted by molar-refractivity contribution is 5.91. The Labute approximate surface area is 118 Å². The second-order valence-corrected chi connectivity index (χ2v) is 5.07. The van der Waals surface area contributed by atoms with Crippen molar-refractivity contribution >= 4 is 5.78 Å². The predicted molar refractivity (Wildman–Crippen MR) is 76.5 cm³/mol. The van der Waals surface area contributed by atoms with E-state index < -0.39 is 6.10 Å². The summed E-state index contributed by atoms with van der Waals surface area (Å²) in [6, 6.07) is 13.6.